The summed E-state index contributed by atoms with van der Waals surface area (Å²) in [5.41, 5.74) is 0.147. The van der Waals surface area contributed by atoms with Crippen LogP contribution in [0.3, 0.4) is 0 Å². The molecule has 0 amide bonds. The maximum Gasteiger partial charge on any atom is 0.0673 e. The fourth-order valence-corrected chi connectivity index (χ4v) is 4.17. The quantitative estimate of drug-likeness (QED) is 0.714. The van der Waals surface area contributed by atoms with Crippen molar-refractivity contribution in [2.75, 3.05) is 0 Å². The lowest BCUT2D eigenvalue weighted by molar-refractivity contribution is -0.118. The maximum atomic E-state index is 10.7. The molecule has 0 unspecified atom stereocenters. The van der Waals surface area contributed by atoms with Crippen molar-refractivity contribution in [1.82, 2.24) is 0 Å². The smallest absolute Gasteiger partial charge is 0.0673 e. The van der Waals surface area contributed by atoms with Crippen LogP contribution in [0.25, 0.3) is 0 Å². The maximum absolute atomic E-state index is 10.7. The highest BCUT2D eigenvalue weighted by atomic mass is 16.3. The predicted octanol–water partition coefficient (Wildman–Crippen LogP) is 4.00. The van der Waals surface area contributed by atoms with E-state index in [0.717, 1.165) is 24.7 Å². The van der Waals surface area contributed by atoms with E-state index in [0.29, 0.717) is 11.3 Å². The van der Waals surface area contributed by atoms with Crippen molar-refractivity contribution in [3.8, 4) is 0 Å². The average Bonchev–Trinajstić information content (AvgIpc) is 2.21. The molecule has 1 nitrogen and oxygen atoms in total. The topological polar surface area (TPSA) is 20.2 Å². The van der Waals surface area contributed by atoms with E-state index in [1.807, 2.05) is 0 Å². The van der Waals surface area contributed by atoms with Crippen LogP contribution in [0.2, 0.25) is 0 Å². The van der Waals surface area contributed by atoms with Crippen LogP contribution in [-0.4, -0.2) is 10.7 Å². The normalized spacial score (nSPS) is 49.1. The Bertz CT molecular complexity index is 260. The Morgan fingerprint density at radius 2 is 1.88 bits per heavy atom. The average molecular weight is 224 g/mol. The standard InChI is InChI=1S/C15H28O/c1-11(2)15(16)9-8-14(4)7-5-6-12(3)13(14)10-15/h11-13,16H,5-10H2,1-4H3/t12-,13-,14+,15-/m0/s1. The largest absolute Gasteiger partial charge is 0.390 e. The SMILES string of the molecule is CC(C)[C@]1(O)CC[C@@]2(C)CCC[C@H](C)[C@@H]2C1. The highest BCUT2D eigenvalue weighted by molar-refractivity contribution is 5.00. The van der Waals surface area contributed by atoms with Gasteiger partial charge in [0.05, 0.1) is 5.60 Å². The van der Waals surface area contributed by atoms with E-state index in [4.69, 9.17) is 0 Å². The molecule has 0 saturated heterocycles. The Kier molecular flexibility index (Phi) is 3.11. The fraction of sp³-hybridized carbons (Fsp3) is 1.00. The monoisotopic (exact) mass is 224 g/mol. The molecule has 1 heteroatoms. The summed E-state index contributed by atoms with van der Waals surface area (Å²) in [5, 5.41) is 10.7. The number of fused-ring (bicyclic) bond motifs is 1. The van der Waals surface area contributed by atoms with E-state index in [1.165, 1.54) is 25.7 Å². The van der Waals surface area contributed by atoms with Gasteiger partial charge in [-0.15, -0.1) is 0 Å². The predicted molar refractivity (Wildman–Crippen MR) is 68.3 cm³/mol. The minimum Gasteiger partial charge on any atom is -0.390 e. The van der Waals surface area contributed by atoms with Gasteiger partial charge in [-0.05, 0) is 48.9 Å². The molecule has 2 rings (SSSR count). The first-order valence-corrected chi connectivity index (χ1v) is 7.10. The van der Waals surface area contributed by atoms with Crippen molar-refractivity contribution in [3.05, 3.63) is 0 Å². The molecular weight excluding hydrogens is 196 g/mol. The zero-order valence-corrected chi connectivity index (χ0v) is 11.4. The van der Waals surface area contributed by atoms with Crippen molar-refractivity contribution in [2.24, 2.45) is 23.2 Å². The van der Waals surface area contributed by atoms with E-state index in [1.54, 1.807) is 0 Å². The first-order valence-electron chi connectivity index (χ1n) is 7.10. The van der Waals surface area contributed by atoms with E-state index in [-0.39, 0.29) is 5.60 Å². The van der Waals surface area contributed by atoms with Crippen LogP contribution in [0.5, 0.6) is 0 Å². The molecule has 2 saturated carbocycles. The van der Waals surface area contributed by atoms with Gasteiger partial charge in [0.1, 0.15) is 0 Å². The van der Waals surface area contributed by atoms with Crippen LogP contribution in [0.4, 0.5) is 0 Å². The molecule has 2 aliphatic carbocycles. The number of aliphatic hydroxyl groups is 1. The van der Waals surface area contributed by atoms with Gasteiger partial charge in [0, 0.05) is 0 Å². The molecule has 2 fully saturated rings. The van der Waals surface area contributed by atoms with E-state index in [9.17, 15) is 5.11 Å². The van der Waals surface area contributed by atoms with Gasteiger partial charge in [-0.3, -0.25) is 0 Å². The van der Waals surface area contributed by atoms with Crippen LogP contribution >= 0.6 is 0 Å². The second kappa shape index (κ2) is 4.01. The molecule has 0 aromatic rings. The van der Waals surface area contributed by atoms with Crippen molar-refractivity contribution in [3.63, 3.8) is 0 Å². The molecular formula is C15H28O. The molecule has 4 atom stereocenters. The first-order chi connectivity index (χ1) is 7.37. The number of hydrogen-bond donors (Lipinski definition) is 1. The summed E-state index contributed by atoms with van der Waals surface area (Å²) in [7, 11) is 0. The lowest BCUT2D eigenvalue weighted by Crippen LogP contribution is -2.50. The molecule has 94 valence electrons. The summed E-state index contributed by atoms with van der Waals surface area (Å²) in [6.07, 6.45) is 7.45. The van der Waals surface area contributed by atoms with Crippen LogP contribution in [0, 0.1) is 23.2 Å². The lowest BCUT2D eigenvalue weighted by atomic mass is 9.53. The van der Waals surface area contributed by atoms with Crippen LogP contribution in [-0.2, 0) is 0 Å². The molecule has 0 spiro atoms. The minimum absolute atomic E-state index is 0.379. The molecule has 2 aliphatic rings. The Hall–Kier alpha value is -0.0400. The second-order valence-electron chi connectivity index (χ2n) is 7.09. The summed E-state index contributed by atoms with van der Waals surface area (Å²) >= 11 is 0. The van der Waals surface area contributed by atoms with Crippen molar-refractivity contribution < 1.29 is 5.11 Å². The molecule has 0 bridgehead atoms. The fourth-order valence-electron chi connectivity index (χ4n) is 4.17. The van der Waals surface area contributed by atoms with Crippen molar-refractivity contribution in [1.29, 1.82) is 0 Å². The molecule has 0 aromatic heterocycles. The third kappa shape index (κ3) is 1.92. The summed E-state index contributed by atoms with van der Waals surface area (Å²) in [6, 6.07) is 0. The van der Waals surface area contributed by atoms with Gasteiger partial charge in [0.25, 0.3) is 0 Å². The van der Waals surface area contributed by atoms with E-state index in [2.05, 4.69) is 27.7 Å². The van der Waals surface area contributed by atoms with Crippen molar-refractivity contribution >= 4 is 0 Å². The Morgan fingerprint density at radius 3 is 2.50 bits per heavy atom. The van der Waals surface area contributed by atoms with E-state index >= 15 is 0 Å². The molecule has 1 N–H and O–H groups in total. The minimum atomic E-state index is -0.379. The Labute approximate surface area is 101 Å². The van der Waals surface area contributed by atoms with Gasteiger partial charge in [0.2, 0.25) is 0 Å². The van der Waals surface area contributed by atoms with Gasteiger partial charge in [-0.25, -0.2) is 0 Å². The molecule has 0 aliphatic heterocycles. The highest BCUT2D eigenvalue weighted by Crippen LogP contribution is 2.55. The zero-order chi connectivity index (χ0) is 12.0. The summed E-state index contributed by atoms with van der Waals surface area (Å²) in [5.74, 6) is 1.97. The second-order valence-corrected chi connectivity index (χ2v) is 7.09. The summed E-state index contributed by atoms with van der Waals surface area (Å²) in [6.45, 7) is 9.22. The zero-order valence-electron chi connectivity index (χ0n) is 11.4. The van der Waals surface area contributed by atoms with Crippen LogP contribution in [0.1, 0.15) is 66.2 Å². The number of hydrogen-bond acceptors (Lipinski definition) is 1. The first kappa shape index (κ1) is 12.4. The summed E-state index contributed by atoms with van der Waals surface area (Å²) in [4.78, 5) is 0. The Morgan fingerprint density at radius 1 is 1.19 bits per heavy atom. The van der Waals surface area contributed by atoms with Crippen LogP contribution < -0.4 is 0 Å². The molecule has 0 heterocycles. The third-order valence-corrected chi connectivity index (χ3v) is 5.77. The van der Waals surface area contributed by atoms with Gasteiger partial charge >= 0.3 is 0 Å². The number of rotatable bonds is 1. The summed E-state index contributed by atoms with van der Waals surface area (Å²) < 4.78 is 0. The Balaban J connectivity index is 2.18. The lowest BCUT2D eigenvalue weighted by Gasteiger charge is -2.54. The molecule has 0 radical (unpaired) electrons. The van der Waals surface area contributed by atoms with Gasteiger partial charge < -0.3 is 5.11 Å². The van der Waals surface area contributed by atoms with Gasteiger partial charge in [0.15, 0.2) is 0 Å². The van der Waals surface area contributed by atoms with Gasteiger partial charge in [-0.2, -0.15) is 0 Å². The third-order valence-electron chi connectivity index (χ3n) is 5.77. The molecule has 0 aromatic carbocycles. The van der Waals surface area contributed by atoms with Crippen LogP contribution in [0.15, 0.2) is 0 Å². The molecule has 16 heavy (non-hydrogen) atoms. The van der Waals surface area contributed by atoms with Gasteiger partial charge in [-0.1, -0.05) is 40.5 Å². The van der Waals surface area contributed by atoms with E-state index < -0.39 is 0 Å². The highest BCUT2D eigenvalue weighted by Gasteiger charge is 2.49. The van der Waals surface area contributed by atoms with Crippen molar-refractivity contribution in [2.45, 2.75) is 71.8 Å².